The largest absolute Gasteiger partial charge is 0.463 e. The van der Waals surface area contributed by atoms with Gasteiger partial charge >= 0.3 is 12.4 Å². The van der Waals surface area contributed by atoms with Crippen molar-refractivity contribution in [2.24, 2.45) is 5.10 Å². The van der Waals surface area contributed by atoms with E-state index in [-0.39, 0.29) is 29.0 Å². The second-order valence-electron chi connectivity index (χ2n) is 5.41. The van der Waals surface area contributed by atoms with Crippen LogP contribution in [0.25, 0.3) is 11.3 Å². The molecule has 28 heavy (non-hydrogen) atoms. The van der Waals surface area contributed by atoms with Gasteiger partial charge in [-0.15, -0.1) is 0 Å². The van der Waals surface area contributed by atoms with Crippen LogP contribution in [0.3, 0.4) is 0 Å². The highest BCUT2D eigenvalue weighted by Gasteiger charge is 2.38. The van der Waals surface area contributed by atoms with E-state index in [1.807, 2.05) is 5.43 Å². The third kappa shape index (κ3) is 5.76. The van der Waals surface area contributed by atoms with Crippen LogP contribution in [0.1, 0.15) is 12.6 Å². The predicted octanol–water partition coefficient (Wildman–Crippen LogP) is 4.28. The summed E-state index contributed by atoms with van der Waals surface area (Å²) in [4.78, 5) is 11.4. The van der Waals surface area contributed by atoms with Gasteiger partial charge in [-0.2, -0.15) is 31.4 Å². The van der Waals surface area contributed by atoms with Crippen molar-refractivity contribution in [3.05, 3.63) is 30.0 Å². The molecule has 0 bridgehead atoms. The highest BCUT2D eigenvalue weighted by Crippen LogP contribution is 2.28. The van der Waals surface area contributed by atoms with Crippen LogP contribution >= 0.6 is 0 Å². The second-order valence-corrected chi connectivity index (χ2v) is 5.41. The Morgan fingerprint density at radius 3 is 2.36 bits per heavy atom. The van der Waals surface area contributed by atoms with Crippen LogP contribution < -0.4 is 10.2 Å². The average Bonchev–Trinajstić information content (AvgIpc) is 2.55. The number of pyridine rings is 1. The molecule has 0 saturated carbocycles. The maximum Gasteiger partial charge on any atom is 0.428 e. The lowest BCUT2D eigenvalue weighted by Gasteiger charge is -2.17. The molecule has 0 radical (unpaired) electrons. The number of alkyl halides is 6. The number of nitrogens with one attached hydrogen (secondary N) is 1. The number of halogens is 7. The molecule has 0 amide bonds. The fraction of sp³-hybridized carbons (Fsp3) is 0.333. The summed E-state index contributed by atoms with van der Waals surface area (Å²) in [6.45, 7) is 2.15. The van der Waals surface area contributed by atoms with E-state index in [1.165, 1.54) is 6.92 Å². The standard InChI is InChI=1S/C15H12F7N5O/c1-7-12(23-5-11(26-7)27-25-6-14(17,18)19)9-3-10(16)13(24-4-9)28-8(2)15(20,21)22/h3-6,8H,1-2H3,(H,26,27)/b25-6+/t8-/m1/s1. The minimum atomic E-state index is -4.69. The van der Waals surface area contributed by atoms with Crippen LogP contribution in [0.4, 0.5) is 36.6 Å². The van der Waals surface area contributed by atoms with Crippen molar-refractivity contribution in [3.8, 4) is 17.1 Å². The van der Waals surface area contributed by atoms with Gasteiger partial charge < -0.3 is 4.74 Å². The molecule has 0 aliphatic heterocycles. The summed E-state index contributed by atoms with van der Waals surface area (Å²) in [5.41, 5.74) is 2.42. The van der Waals surface area contributed by atoms with Gasteiger partial charge in [0.05, 0.1) is 17.6 Å². The molecule has 0 aromatic carbocycles. The van der Waals surface area contributed by atoms with Crippen molar-refractivity contribution in [2.45, 2.75) is 32.3 Å². The minimum absolute atomic E-state index is 0.0832. The normalized spacial score (nSPS) is 13.6. The van der Waals surface area contributed by atoms with Gasteiger partial charge in [-0.05, 0) is 19.9 Å². The number of nitrogens with zero attached hydrogens (tertiary/aromatic N) is 4. The molecule has 2 heterocycles. The number of aryl methyl sites for hydroxylation is 1. The molecule has 13 heteroatoms. The summed E-state index contributed by atoms with van der Waals surface area (Å²) in [6, 6.07) is 0.858. The molecule has 152 valence electrons. The number of rotatable bonds is 5. The van der Waals surface area contributed by atoms with Crippen LogP contribution in [0.2, 0.25) is 0 Å². The Labute approximate surface area is 153 Å². The van der Waals surface area contributed by atoms with E-state index >= 15 is 0 Å². The van der Waals surface area contributed by atoms with Crippen LogP contribution in [-0.4, -0.2) is 39.6 Å². The van der Waals surface area contributed by atoms with Gasteiger partial charge in [-0.25, -0.2) is 14.4 Å². The second kappa shape index (κ2) is 7.94. The van der Waals surface area contributed by atoms with Crippen molar-refractivity contribution in [2.75, 3.05) is 5.43 Å². The first kappa shape index (κ1) is 21.3. The highest BCUT2D eigenvalue weighted by molar-refractivity contribution is 5.65. The van der Waals surface area contributed by atoms with Gasteiger partial charge in [0, 0.05) is 11.8 Å². The Bertz CT molecular complexity index is 867. The fourth-order valence-electron chi connectivity index (χ4n) is 1.87. The van der Waals surface area contributed by atoms with Gasteiger partial charge in [0.1, 0.15) is 6.21 Å². The van der Waals surface area contributed by atoms with Gasteiger partial charge in [-0.1, -0.05) is 0 Å². The number of hydrogen-bond donors (Lipinski definition) is 1. The number of anilines is 1. The Kier molecular flexibility index (Phi) is 6.04. The van der Waals surface area contributed by atoms with Crippen LogP contribution in [0.15, 0.2) is 23.6 Å². The summed E-state index contributed by atoms with van der Waals surface area (Å²) >= 11 is 0. The first-order chi connectivity index (χ1) is 12.9. The third-order valence-corrected chi connectivity index (χ3v) is 3.17. The lowest BCUT2D eigenvalue weighted by Crippen LogP contribution is -2.31. The molecule has 1 atom stereocenters. The van der Waals surface area contributed by atoms with Crippen LogP contribution in [0, 0.1) is 12.7 Å². The van der Waals surface area contributed by atoms with Gasteiger partial charge in [0.15, 0.2) is 17.7 Å². The molecule has 0 aliphatic carbocycles. The summed E-state index contributed by atoms with van der Waals surface area (Å²) in [5.74, 6) is -2.08. The fourth-order valence-corrected chi connectivity index (χ4v) is 1.87. The molecule has 2 aromatic heterocycles. The Morgan fingerprint density at radius 2 is 1.82 bits per heavy atom. The molecular formula is C15H12F7N5O. The molecule has 6 nitrogen and oxygen atoms in total. The monoisotopic (exact) mass is 411 g/mol. The predicted molar refractivity (Wildman–Crippen MR) is 84.3 cm³/mol. The highest BCUT2D eigenvalue weighted by atomic mass is 19.4. The molecular weight excluding hydrogens is 399 g/mol. The van der Waals surface area contributed by atoms with Crippen molar-refractivity contribution in [1.29, 1.82) is 0 Å². The molecule has 0 saturated heterocycles. The van der Waals surface area contributed by atoms with E-state index in [4.69, 9.17) is 0 Å². The van der Waals surface area contributed by atoms with E-state index < -0.39 is 30.2 Å². The molecule has 0 spiro atoms. The van der Waals surface area contributed by atoms with Crippen LogP contribution in [-0.2, 0) is 0 Å². The Morgan fingerprint density at radius 1 is 1.14 bits per heavy atom. The third-order valence-electron chi connectivity index (χ3n) is 3.17. The number of aromatic nitrogens is 3. The number of hydrazone groups is 1. The van der Waals surface area contributed by atoms with Crippen molar-refractivity contribution >= 4 is 12.0 Å². The number of ether oxygens (including phenoxy) is 1. The lowest BCUT2D eigenvalue weighted by atomic mass is 10.1. The van der Waals surface area contributed by atoms with E-state index in [0.29, 0.717) is 6.92 Å². The molecule has 2 aromatic rings. The first-order valence-electron chi connectivity index (χ1n) is 7.46. The van der Waals surface area contributed by atoms with E-state index in [0.717, 1.165) is 18.5 Å². The van der Waals surface area contributed by atoms with Gasteiger partial charge in [0.2, 0.25) is 0 Å². The quantitative estimate of drug-likeness (QED) is 0.452. The van der Waals surface area contributed by atoms with E-state index in [9.17, 15) is 30.7 Å². The number of hydrogen-bond acceptors (Lipinski definition) is 6. The smallest absolute Gasteiger partial charge is 0.428 e. The summed E-state index contributed by atoms with van der Waals surface area (Å²) < 4.78 is 91.9. The van der Waals surface area contributed by atoms with Crippen molar-refractivity contribution < 1.29 is 35.5 Å². The van der Waals surface area contributed by atoms with Gasteiger partial charge in [0.25, 0.3) is 5.88 Å². The zero-order chi connectivity index (χ0) is 21.1. The lowest BCUT2D eigenvalue weighted by molar-refractivity contribution is -0.190. The zero-order valence-electron chi connectivity index (χ0n) is 14.2. The molecule has 2 rings (SSSR count). The first-order valence-corrected chi connectivity index (χ1v) is 7.46. The van der Waals surface area contributed by atoms with Gasteiger partial charge in [-0.3, -0.25) is 10.4 Å². The van der Waals surface area contributed by atoms with Crippen molar-refractivity contribution in [1.82, 2.24) is 15.0 Å². The van der Waals surface area contributed by atoms with Crippen LogP contribution in [0.5, 0.6) is 5.88 Å². The summed E-state index contributed by atoms with van der Waals surface area (Å²) in [6.07, 6.45) is -9.75. The maximum absolute atomic E-state index is 14.0. The Balaban J connectivity index is 2.19. The van der Waals surface area contributed by atoms with Crippen molar-refractivity contribution in [3.63, 3.8) is 0 Å². The molecule has 0 aliphatic rings. The molecule has 0 unspecified atom stereocenters. The summed E-state index contributed by atoms with van der Waals surface area (Å²) in [7, 11) is 0. The summed E-state index contributed by atoms with van der Waals surface area (Å²) in [5, 5.41) is 2.95. The topological polar surface area (TPSA) is 72.3 Å². The average molecular weight is 411 g/mol. The zero-order valence-corrected chi connectivity index (χ0v) is 14.2. The molecule has 1 N–H and O–H groups in total. The maximum atomic E-state index is 14.0. The SMILES string of the molecule is Cc1nc(N/N=C/C(F)(F)F)cnc1-c1cnc(O[C@H](C)C(F)(F)F)c(F)c1. The molecule has 0 fully saturated rings. The minimum Gasteiger partial charge on any atom is -0.463 e. The Hall–Kier alpha value is -2.99. The van der Waals surface area contributed by atoms with E-state index in [2.05, 4.69) is 24.8 Å². The van der Waals surface area contributed by atoms with E-state index in [1.54, 1.807) is 0 Å².